The zero-order chi connectivity index (χ0) is 14.6. The first kappa shape index (κ1) is 17.1. The van der Waals surface area contributed by atoms with E-state index in [2.05, 4.69) is 37.8 Å². The fourth-order valence-electron chi connectivity index (χ4n) is 2.13. The van der Waals surface area contributed by atoms with Crippen LogP contribution in [0.15, 0.2) is 30.8 Å². The second-order valence-corrected chi connectivity index (χ2v) is 7.30. The Morgan fingerprint density at radius 2 is 2.10 bits per heavy atom. The predicted molar refractivity (Wildman–Crippen MR) is 88.3 cm³/mol. The Morgan fingerprint density at radius 1 is 1.25 bits per heavy atom. The maximum Gasteiger partial charge on any atom is 0.213 e. The fraction of sp³-hybridized carbons (Fsp3) is 0.529. The molecule has 0 aliphatic carbocycles. The van der Waals surface area contributed by atoms with Crippen molar-refractivity contribution < 1.29 is 9.16 Å². The summed E-state index contributed by atoms with van der Waals surface area (Å²) in [4.78, 5) is 0. The van der Waals surface area contributed by atoms with Crippen molar-refractivity contribution in [3.05, 3.63) is 42.0 Å². The summed E-state index contributed by atoms with van der Waals surface area (Å²) < 4.78 is 11.2. The summed E-state index contributed by atoms with van der Waals surface area (Å²) in [7, 11) is 1.10. The van der Waals surface area contributed by atoms with Gasteiger partial charge in [-0.15, -0.1) is 0 Å². The van der Waals surface area contributed by atoms with E-state index in [-0.39, 0.29) is 0 Å². The van der Waals surface area contributed by atoms with Crippen LogP contribution in [0.2, 0.25) is 12.1 Å². The third kappa shape index (κ3) is 7.03. The van der Waals surface area contributed by atoms with Gasteiger partial charge in [-0.2, -0.15) is 0 Å². The molecule has 0 aromatic heterocycles. The molecule has 0 saturated carbocycles. The highest BCUT2D eigenvalue weighted by molar-refractivity contribution is 6.51. The highest BCUT2D eigenvalue weighted by atomic mass is 28.3. The van der Waals surface area contributed by atoms with E-state index >= 15 is 0 Å². The lowest BCUT2D eigenvalue weighted by atomic mass is 10.1. The molecule has 1 aromatic carbocycles. The number of ether oxygens (including phenoxy) is 1. The zero-order valence-electron chi connectivity index (χ0n) is 12.9. The van der Waals surface area contributed by atoms with Gasteiger partial charge in [-0.05, 0) is 36.1 Å². The van der Waals surface area contributed by atoms with E-state index < -0.39 is 9.04 Å². The Hall–Kier alpha value is -0.903. The fourth-order valence-corrected chi connectivity index (χ4v) is 4.09. The van der Waals surface area contributed by atoms with Crippen LogP contribution >= 0.6 is 0 Å². The Kier molecular flexibility index (Phi) is 9.29. The number of rotatable bonds is 11. The molecule has 3 heteroatoms. The molecule has 0 aliphatic rings. The quantitative estimate of drug-likeness (QED) is 0.446. The van der Waals surface area contributed by atoms with Crippen LogP contribution in [0.3, 0.4) is 0 Å². The van der Waals surface area contributed by atoms with Crippen LogP contribution in [0.5, 0.6) is 0 Å². The van der Waals surface area contributed by atoms with Crippen molar-refractivity contribution in [1.29, 1.82) is 0 Å². The van der Waals surface area contributed by atoms with Gasteiger partial charge in [0.2, 0.25) is 9.04 Å². The Morgan fingerprint density at radius 3 is 2.80 bits per heavy atom. The molecule has 0 amide bonds. The second kappa shape index (κ2) is 10.8. The molecule has 1 radical (unpaired) electrons. The van der Waals surface area contributed by atoms with E-state index in [4.69, 9.17) is 9.16 Å². The molecular formula is C17H27O2Si. The van der Waals surface area contributed by atoms with Crippen LogP contribution in [0, 0.1) is 0 Å². The summed E-state index contributed by atoms with van der Waals surface area (Å²) in [6.07, 6.45) is 5.27. The maximum absolute atomic E-state index is 6.06. The van der Waals surface area contributed by atoms with E-state index in [0.29, 0.717) is 0 Å². The van der Waals surface area contributed by atoms with E-state index in [9.17, 15) is 0 Å². The number of methoxy groups -OCH3 is 1. The van der Waals surface area contributed by atoms with Gasteiger partial charge in [0.05, 0.1) is 0 Å². The smallest absolute Gasteiger partial charge is 0.213 e. The SMILES string of the molecule is C=Cc1cccc(CCCO[Si](CCC)CCOC)c1. The lowest BCUT2D eigenvalue weighted by molar-refractivity contribution is 0.208. The average Bonchev–Trinajstić information content (AvgIpc) is 2.49. The molecule has 1 aromatic rings. The third-order valence-electron chi connectivity index (χ3n) is 3.22. The monoisotopic (exact) mass is 291 g/mol. The highest BCUT2D eigenvalue weighted by Crippen LogP contribution is 2.10. The molecule has 0 heterocycles. The first-order valence-corrected chi connectivity index (χ1v) is 9.30. The van der Waals surface area contributed by atoms with Crippen molar-refractivity contribution in [2.75, 3.05) is 20.3 Å². The summed E-state index contributed by atoms with van der Waals surface area (Å²) in [6, 6.07) is 10.9. The number of benzene rings is 1. The minimum Gasteiger partial charge on any atom is -0.417 e. The van der Waals surface area contributed by atoms with Gasteiger partial charge in [-0.1, -0.05) is 50.3 Å². The van der Waals surface area contributed by atoms with Gasteiger partial charge in [0.25, 0.3) is 0 Å². The van der Waals surface area contributed by atoms with Crippen LogP contribution in [-0.2, 0) is 15.6 Å². The molecule has 0 atom stereocenters. The number of hydrogen-bond donors (Lipinski definition) is 0. The van der Waals surface area contributed by atoms with E-state index in [1.165, 1.54) is 23.6 Å². The first-order chi connectivity index (χ1) is 9.80. The number of hydrogen-bond acceptors (Lipinski definition) is 2. The zero-order valence-corrected chi connectivity index (χ0v) is 13.9. The van der Waals surface area contributed by atoms with Gasteiger partial charge in [0.15, 0.2) is 0 Å². The molecule has 0 N–H and O–H groups in total. The molecule has 0 bridgehead atoms. The second-order valence-electron chi connectivity index (χ2n) is 4.93. The molecule has 20 heavy (non-hydrogen) atoms. The van der Waals surface area contributed by atoms with Gasteiger partial charge in [0.1, 0.15) is 0 Å². The van der Waals surface area contributed by atoms with Crippen molar-refractivity contribution in [1.82, 2.24) is 0 Å². The summed E-state index contributed by atoms with van der Waals surface area (Å²) in [5.41, 5.74) is 2.56. The van der Waals surface area contributed by atoms with Crippen LogP contribution < -0.4 is 0 Å². The molecule has 111 valence electrons. The molecule has 1 rings (SSSR count). The molecule has 0 spiro atoms. The predicted octanol–water partition coefficient (Wildman–Crippen LogP) is 4.33. The summed E-state index contributed by atoms with van der Waals surface area (Å²) in [5.74, 6) is 0. The van der Waals surface area contributed by atoms with Crippen LogP contribution in [0.1, 0.15) is 30.9 Å². The standard InChI is InChI=1S/C17H27O2Si/c1-4-13-20(14-12-18-3)19-11-7-10-17-9-6-8-16(5-2)15-17/h5-6,8-9,15H,2,4,7,10-14H2,1,3H3. The molecule has 0 aliphatic heterocycles. The molecule has 0 unspecified atom stereocenters. The van der Waals surface area contributed by atoms with Crippen molar-refractivity contribution in [3.8, 4) is 0 Å². The van der Waals surface area contributed by atoms with Gasteiger partial charge in [-0.3, -0.25) is 0 Å². The van der Waals surface area contributed by atoms with Crippen LogP contribution in [0.4, 0.5) is 0 Å². The van der Waals surface area contributed by atoms with Crippen LogP contribution in [-0.4, -0.2) is 29.4 Å². The highest BCUT2D eigenvalue weighted by Gasteiger charge is 2.11. The molecule has 2 nitrogen and oxygen atoms in total. The van der Waals surface area contributed by atoms with Crippen LogP contribution in [0.25, 0.3) is 6.08 Å². The minimum absolute atomic E-state index is 0.666. The number of aryl methyl sites for hydroxylation is 1. The third-order valence-corrected chi connectivity index (χ3v) is 5.65. The summed E-state index contributed by atoms with van der Waals surface area (Å²) >= 11 is 0. The minimum atomic E-state index is -0.666. The summed E-state index contributed by atoms with van der Waals surface area (Å²) in [6.45, 7) is 7.73. The largest absolute Gasteiger partial charge is 0.417 e. The normalized spacial score (nSPS) is 10.9. The van der Waals surface area contributed by atoms with Gasteiger partial charge >= 0.3 is 0 Å². The van der Waals surface area contributed by atoms with Crippen molar-refractivity contribution >= 4 is 15.1 Å². The first-order valence-electron chi connectivity index (χ1n) is 7.48. The van der Waals surface area contributed by atoms with E-state index in [1.807, 2.05) is 6.08 Å². The molecule has 0 fully saturated rings. The van der Waals surface area contributed by atoms with Crippen molar-refractivity contribution in [2.24, 2.45) is 0 Å². The Labute approximate surface area is 125 Å². The topological polar surface area (TPSA) is 18.5 Å². The van der Waals surface area contributed by atoms with E-state index in [1.54, 1.807) is 7.11 Å². The Bertz CT molecular complexity index is 379. The Balaban J connectivity index is 2.26. The summed E-state index contributed by atoms with van der Waals surface area (Å²) in [5, 5.41) is 0. The lowest BCUT2D eigenvalue weighted by Gasteiger charge is -2.14. The van der Waals surface area contributed by atoms with Crippen molar-refractivity contribution in [3.63, 3.8) is 0 Å². The maximum atomic E-state index is 6.06. The molecule has 0 saturated heterocycles. The van der Waals surface area contributed by atoms with Gasteiger partial charge in [-0.25, -0.2) is 0 Å². The van der Waals surface area contributed by atoms with Gasteiger partial charge in [0, 0.05) is 20.3 Å². The van der Waals surface area contributed by atoms with Gasteiger partial charge < -0.3 is 9.16 Å². The van der Waals surface area contributed by atoms with Crippen molar-refractivity contribution in [2.45, 2.75) is 38.3 Å². The lowest BCUT2D eigenvalue weighted by Crippen LogP contribution is -2.20. The van der Waals surface area contributed by atoms with E-state index in [0.717, 1.165) is 32.1 Å². The average molecular weight is 291 g/mol. The molecular weight excluding hydrogens is 264 g/mol.